The second kappa shape index (κ2) is 5.60. The van der Waals surface area contributed by atoms with Gasteiger partial charge in [0.2, 0.25) is 0 Å². The largest absolute Gasteiger partial charge is 0.418 e. The van der Waals surface area contributed by atoms with E-state index in [0.29, 0.717) is 4.47 Å². The Morgan fingerprint density at radius 1 is 1.39 bits per heavy atom. The fourth-order valence-electron chi connectivity index (χ4n) is 1.31. The Hall–Kier alpha value is -1.24. The Bertz CT molecular complexity index is 455. The molecule has 0 bridgehead atoms. The van der Waals surface area contributed by atoms with Gasteiger partial charge in [0, 0.05) is 10.5 Å². The number of hydrogen-bond acceptors (Lipinski definition) is 1. The van der Waals surface area contributed by atoms with Gasteiger partial charge in [-0.05, 0) is 32.0 Å². The molecule has 0 spiro atoms. The van der Waals surface area contributed by atoms with Crippen LogP contribution in [-0.2, 0) is 6.18 Å². The molecule has 3 nitrogen and oxygen atoms in total. The van der Waals surface area contributed by atoms with E-state index in [1.807, 2.05) is 0 Å². The van der Waals surface area contributed by atoms with Crippen LogP contribution in [0.1, 0.15) is 19.4 Å². The van der Waals surface area contributed by atoms with Crippen LogP contribution in [0.4, 0.5) is 18.9 Å². The lowest BCUT2D eigenvalue weighted by Crippen LogP contribution is -2.25. The van der Waals surface area contributed by atoms with E-state index >= 15 is 0 Å². The van der Waals surface area contributed by atoms with Gasteiger partial charge in [0.1, 0.15) is 0 Å². The fourth-order valence-corrected chi connectivity index (χ4v) is 1.67. The molecule has 1 rings (SSSR count). The number of aliphatic imine (C=N–C) groups is 1. The summed E-state index contributed by atoms with van der Waals surface area (Å²) >= 11 is 3.01. The van der Waals surface area contributed by atoms with Crippen molar-refractivity contribution in [1.82, 2.24) is 0 Å². The first-order valence-corrected chi connectivity index (χ1v) is 5.96. The third-order valence-corrected chi connectivity index (χ3v) is 2.44. The number of nitrogens with one attached hydrogen (secondary N) is 1. The van der Waals surface area contributed by atoms with Crippen molar-refractivity contribution in [3.05, 3.63) is 28.2 Å². The quantitative estimate of drug-likeness (QED) is 0.645. The molecular weight excluding hydrogens is 311 g/mol. The third kappa shape index (κ3) is 4.21. The molecule has 0 aliphatic heterocycles. The van der Waals surface area contributed by atoms with Gasteiger partial charge >= 0.3 is 6.18 Å². The Labute approximate surface area is 111 Å². The van der Waals surface area contributed by atoms with Gasteiger partial charge in [-0.15, -0.1) is 0 Å². The van der Waals surface area contributed by atoms with E-state index in [9.17, 15) is 13.2 Å². The van der Waals surface area contributed by atoms with E-state index in [4.69, 9.17) is 5.73 Å². The smallest absolute Gasteiger partial charge is 0.370 e. The minimum Gasteiger partial charge on any atom is -0.370 e. The van der Waals surface area contributed by atoms with Crippen LogP contribution in [0.15, 0.2) is 27.7 Å². The number of alkyl halides is 3. The van der Waals surface area contributed by atoms with Gasteiger partial charge in [-0.2, -0.15) is 13.2 Å². The highest BCUT2D eigenvalue weighted by Crippen LogP contribution is 2.36. The zero-order chi connectivity index (χ0) is 13.9. The van der Waals surface area contributed by atoms with Crippen molar-refractivity contribution in [3.8, 4) is 0 Å². The van der Waals surface area contributed by atoms with Gasteiger partial charge in [-0.25, -0.2) is 0 Å². The number of hydrogen-bond donors (Lipinski definition) is 2. The summed E-state index contributed by atoms with van der Waals surface area (Å²) in [5.74, 6) is -0.0437. The minimum atomic E-state index is -4.45. The lowest BCUT2D eigenvalue weighted by Gasteiger charge is -2.14. The lowest BCUT2D eigenvalue weighted by atomic mass is 10.1. The average molecular weight is 324 g/mol. The molecule has 18 heavy (non-hydrogen) atoms. The van der Waals surface area contributed by atoms with Crippen molar-refractivity contribution in [2.45, 2.75) is 26.1 Å². The minimum absolute atomic E-state index is 0.0437. The second-order valence-electron chi connectivity index (χ2n) is 3.92. The topological polar surface area (TPSA) is 50.4 Å². The monoisotopic (exact) mass is 323 g/mol. The fraction of sp³-hybridized carbons (Fsp3) is 0.364. The molecule has 0 atom stereocenters. The maximum absolute atomic E-state index is 12.8. The Morgan fingerprint density at radius 2 is 2.00 bits per heavy atom. The summed E-state index contributed by atoms with van der Waals surface area (Å²) in [6, 6.07) is 3.70. The summed E-state index contributed by atoms with van der Waals surface area (Å²) in [5, 5.41) is 2.46. The molecule has 0 unspecified atom stereocenters. The third-order valence-electron chi connectivity index (χ3n) is 1.95. The van der Waals surface area contributed by atoms with E-state index < -0.39 is 11.7 Å². The van der Waals surface area contributed by atoms with Crippen LogP contribution < -0.4 is 11.1 Å². The zero-order valence-corrected chi connectivity index (χ0v) is 11.4. The second-order valence-corrected chi connectivity index (χ2v) is 4.84. The van der Waals surface area contributed by atoms with Crippen LogP contribution >= 0.6 is 15.9 Å². The van der Waals surface area contributed by atoms with Gasteiger partial charge in [-0.1, -0.05) is 15.9 Å². The Balaban J connectivity index is 3.10. The van der Waals surface area contributed by atoms with Crippen LogP contribution in [0.2, 0.25) is 0 Å². The van der Waals surface area contributed by atoms with Crippen LogP contribution in [-0.4, -0.2) is 12.0 Å². The number of guanidine groups is 1. The van der Waals surface area contributed by atoms with E-state index in [-0.39, 0.29) is 17.7 Å². The van der Waals surface area contributed by atoms with E-state index in [0.717, 1.165) is 6.07 Å². The van der Waals surface area contributed by atoms with E-state index in [2.05, 4.69) is 26.2 Å². The van der Waals surface area contributed by atoms with Crippen LogP contribution in [0.25, 0.3) is 0 Å². The summed E-state index contributed by atoms with van der Waals surface area (Å²) in [4.78, 5) is 3.92. The van der Waals surface area contributed by atoms with Crippen LogP contribution in [0.5, 0.6) is 0 Å². The molecule has 0 fully saturated rings. The molecule has 7 heteroatoms. The zero-order valence-electron chi connectivity index (χ0n) is 9.85. The molecule has 0 radical (unpaired) electrons. The van der Waals surface area contributed by atoms with E-state index in [1.165, 1.54) is 12.1 Å². The number of anilines is 1. The molecule has 0 aliphatic rings. The summed E-state index contributed by atoms with van der Waals surface area (Å²) in [6.45, 7) is 3.56. The van der Waals surface area contributed by atoms with Crippen molar-refractivity contribution in [2.75, 3.05) is 5.32 Å². The van der Waals surface area contributed by atoms with Gasteiger partial charge in [0.05, 0.1) is 11.3 Å². The maximum Gasteiger partial charge on any atom is 0.418 e. The van der Waals surface area contributed by atoms with E-state index in [1.54, 1.807) is 13.8 Å². The SMILES string of the molecule is CC(C)N=C(N)Nc1ccc(Br)cc1C(F)(F)F. The summed E-state index contributed by atoms with van der Waals surface area (Å²) in [6.07, 6.45) is -4.45. The molecule has 1 aromatic rings. The standard InChI is InChI=1S/C11H13BrF3N3/c1-6(2)17-10(16)18-9-4-3-7(12)5-8(9)11(13,14)15/h3-6H,1-2H3,(H3,16,17,18). The van der Waals surface area contributed by atoms with Crippen molar-refractivity contribution >= 4 is 27.6 Å². The molecule has 0 saturated heterocycles. The summed E-state index contributed by atoms with van der Waals surface area (Å²) in [7, 11) is 0. The summed E-state index contributed by atoms with van der Waals surface area (Å²) in [5.41, 5.74) is 4.61. The lowest BCUT2D eigenvalue weighted by molar-refractivity contribution is -0.136. The number of nitrogens with two attached hydrogens (primary N) is 1. The maximum atomic E-state index is 12.8. The average Bonchev–Trinajstić information content (AvgIpc) is 2.17. The highest BCUT2D eigenvalue weighted by atomic mass is 79.9. The predicted octanol–water partition coefficient (Wildman–Crippen LogP) is 3.60. The molecule has 0 aromatic heterocycles. The highest BCUT2D eigenvalue weighted by molar-refractivity contribution is 9.10. The number of benzene rings is 1. The molecule has 1 aromatic carbocycles. The Kier molecular flexibility index (Phi) is 4.61. The number of halogens is 4. The van der Waals surface area contributed by atoms with Crippen molar-refractivity contribution in [2.24, 2.45) is 10.7 Å². The number of rotatable bonds is 2. The predicted molar refractivity (Wildman–Crippen MR) is 69.5 cm³/mol. The van der Waals surface area contributed by atoms with Crippen LogP contribution in [0, 0.1) is 0 Å². The highest BCUT2D eigenvalue weighted by Gasteiger charge is 2.33. The number of nitrogens with zero attached hydrogens (tertiary/aromatic N) is 1. The van der Waals surface area contributed by atoms with Gasteiger partial charge in [-0.3, -0.25) is 4.99 Å². The Morgan fingerprint density at radius 3 is 2.50 bits per heavy atom. The molecular formula is C11H13BrF3N3. The van der Waals surface area contributed by atoms with Gasteiger partial charge in [0.15, 0.2) is 5.96 Å². The van der Waals surface area contributed by atoms with Crippen molar-refractivity contribution in [1.29, 1.82) is 0 Å². The molecule has 0 aliphatic carbocycles. The van der Waals surface area contributed by atoms with Gasteiger partial charge < -0.3 is 11.1 Å². The molecule has 3 N–H and O–H groups in total. The molecule has 0 heterocycles. The molecule has 0 saturated carbocycles. The van der Waals surface area contributed by atoms with Crippen LogP contribution in [0.3, 0.4) is 0 Å². The first kappa shape index (κ1) is 14.8. The summed E-state index contributed by atoms with van der Waals surface area (Å²) < 4.78 is 38.7. The van der Waals surface area contributed by atoms with Crippen molar-refractivity contribution in [3.63, 3.8) is 0 Å². The molecule has 100 valence electrons. The van der Waals surface area contributed by atoms with Crippen molar-refractivity contribution < 1.29 is 13.2 Å². The molecule has 0 amide bonds. The first-order chi connectivity index (χ1) is 8.20. The normalized spacial score (nSPS) is 12.9. The van der Waals surface area contributed by atoms with Gasteiger partial charge in [0.25, 0.3) is 0 Å². The first-order valence-electron chi connectivity index (χ1n) is 5.17.